The van der Waals surface area contributed by atoms with Gasteiger partial charge in [0.25, 0.3) is 11.8 Å². The molecule has 2 aromatic heterocycles. The Hall–Kier alpha value is -3.22. The third-order valence-electron chi connectivity index (χ3n) is 4.08. The Kier molecular flexibility index (Phi) is 4.97. The molecule has 0 radical (unpaired) electrons. The molecular weight excluding hydrogens is 330 g/mol. The van der Waals surface area contributed by atoms with E-state index in [0.717, 1.165) is 16.6 Å². The average Bonchev–Trinajstić information content (AvgIpc) is 3.09. The van der Waals surface area contributed by atoms with Crippen LogP contribution in [0.25, 0.3) is 11.0 Å². The number of nitrogens with zero attached hydrogens (tertiary/aromatic N) is 3. The van der Waals surface area contributed by atoms with Gasteiger partial charge in [-0.15, -0.1) is 0 Å². The van der Waals surface area contributed by atoms with E-state index < -0.39 is 0 Å². The van der Waals surface area contributed by atoms with E-state index in [1.165, 1.54) is 0 Å². The lowest BCUT2D eigenvalue weighted by atomic mass is 10.1. The Bertz CT molecular complexity index is 944. The molecule has 7 heteroatoms. The highest BCUT2D eigenvalue weighted by Crippen LogP contribution is 2.16. The molecule has 3 aromatic rings. The molecule has 0 spiro atoms. The molecule has 0 unspecified atom stereocenters. The first-order chi connectivity index (χ1) is 12.5. The third-order valence-corrected chi connectivity index (χ3v) is 4.08. The third kappa shape index (κ3) is 3.56. The van der Waals surface area contributed by atoms with Crippen molar-refractivity contribution in [1.82, 2.24) is 25.4 Å². The minimum Gasteiger partial charge on any atom is -0.355 e. The smallest absolute Gasteiger partial charge is 0.253 e. The number of rotatable bonds is 5. The second kappa shape index (κ2) is 7.35. The molecule has 0 bridgehead atoms. The molecule has 0 aliphatic rings. The van der Waals surface area contributed by atoms with E-state index in [0.29, 0.717) is 17.7 Å². The van der Waals surface area contributed by atoms with Gasteiger partial charge in [0.2, 0.25) is 0 Å². The van der Waals surface area contributed by atoms with Gasteiger partial charge in [-0.1, -0.05) is 12.1 Å². The van der Waals surface area contributed by atoms with E-state index in [1.807, 2.05) is 30.7 Å². The Morgan fingerprint density at radius 2 is 1.81 bits per heavy atom. The average molecular weight is 351 g/mol. The summed E-state index contributed by atoms with van der Waals surface area (Å²) in [7, 11) is 1.59. The molecule has 0 fully saturated rings. The Balaban J connectivity index is 1.68. The zero-order valence-corrected chi connectivity index (χ0v) is 15.0. The summed E-state index contributed by atoms with van der Waals surface area (Å²) in [6, 6.07) is 9.09. The summed E-state index contributed by atoms with van der Waals surface area (Å²) in [4.78, 5) is 28.3. The van der Waals surface area contributed by atoms with Gasteiger partial charge in [0.15, 0.2) is 5.65 Å². The molecule has 2 amide bonds. The van der Waals surface area contributed by atoms with Crippen molar-refractivity contribution in [3.05, 3.63) is 59.4 Å². The molecule has 2 heterocycles. The summed E-state index contributed by atoms with van der Waals surface area (Å²) in [5.41, 5.74) is 2.75. The molecule has 0 atom stereocenters. The lowest BCUT2D eigenvalue weighted by Gasteiger charge is -2.08. The second-order valence-electron chi connectivity index (χ2n) is 6.28. The summed E-state index contributed by atoms with van der Waals surface area (Å²) in [5, 5.41) is 10.6. The first kappa shape index (κ1) is 17.6. The van der Waals surface area contributed by atoms with Crippen LogP contribution in [-0.4, -0.2) is 33.6 Å². The van der Waals surface area contributed by atoms with Gasteiger partial charge < -0.3 is 10.6 Å². The van der Waals surface area contributed by atoms with Crippen LogP contribution in [0, 0.1) is 0 Å². The van der Waals surface area contributed by atoms with Gasteiger partial charge in [0.05, 0.1) is 11.8 Å². The lowest BCUT2D eigenvalue weighted by Crippen LogP contribution is -2.23. The molecule has 0 saturated carbocycles. The number of nitrogens with one attached hydrogen (secondary N) is 2. The van der Waals surface area contributed by atoms with Crippen molar-refractivity contribution in [1.29, 1.82) is 0 Å². The maximum absolute atomic E-state index is 12.4. The summed E-state index contributed by atoms with van der Waals surface area (Å²) in [6.45, 7) is 4.43. The number of benzene rings is 1. The highest BCUT2D eigenvalue weighted by atomic mass is 16.2. The molecule has 0 aliphatic heterocycles. The fraction of sp³-hybridized carbons (Fsp3) is 0.263. The maximum Gasteiger partial charge on any atom is 0.253 e. The Morgan fingerprint density at radius 3 is 2.46 bits per heavy atom. The van der Waals surface area contributed by atoms with Gasteiger partial charge in [-0.2, -0.15) is 5.10 Å². The van der Waals surface area contributed by atoms with Gasteiger partial charge in [-0.25, -0.2) is 9.67 Å². The Labute approximate surface area is 151 Å². The number of hydrogen-bond donors (Lipinski definition) is 2. The highest BCUT2D eigenvalue weighted by Gasteiger charge is 2.12. The molecule has 1 aromatic carbocycles. The van der Waals surface area contributed by atoms with Crippen molar-refractivity contribution in [2.75, 3.05) is 7.05 Å². The zero-order chi connectivity index (χ0) is 18.7. The van der Waals surface area contributed by atoms with Gasteiger partial charge in [0.1, 0.15) is 0 Å². The molecular formula is C19H21N5O2. The minimum atomic E-state index is -0.202. The molecule has 7 nitrogen and oxygen atoms in total. The Morgan fingerprint density at radius 1 is 1.08 bits per heavy atom. The van der Waals surface area contributed by atoms with Crippen LogP contribution >= 0.6 is 0 Å². The van der Waals surface area contributed by atoms with E-state index in [-0.39, 0.29) is 17.9 Å². The highest BCUT2D eigenvalue weighted by molar-refractivity contribution is 5.97. The van der Waals surface area contributed by atoms with Crippen LogP contribution in [0.1, 0.15) is 46.2 Å². The van der Waals surface area contributed by atoms with Crippen LogP contribution in [0.5, 0.6) is 0 Å². The van der Waals surface area contributed by atoms with Crippen LogP contribution in [0.15, 0.2) is 42.7 Å². The number of pyridine rings is 1. The number of amides is 2. The van der Waals surface area contributed by atoms with E-state index in [2.05, 4.69) is 20.7 Å². The molecule has 0 saturated heterocycles. The number of aromatic nitrogens is 3. The van der Waals surface area contributed by atoms with Crippen molar-refractivity contribution in [2.45, 2.75) is 26.4 Å². The predicted octanol–water partition coefficient (Wildman–Crippen LogP) is 2.30. The van der Waals surface area contributed by atoms with Crippen LogP contribution < -0.4 is 10.6 Å². The van der Waals surface area contributed by atoms with Gasteiger partial charge in [-0.3, -0.25) is 9.59 Å². The van der Waals surface area contributed by atoms with E-state index >= 15 is 0 Å². The first-order valence-electron chi connectivity index (χ1n) is 8.42. The quantitative estimate of drug-likeness (QED) is 0.738. The van der Waals surface area contributed by atoms with Crippen LogP contribution in [0.4, 0.5) is 0 Å². The fourth-order valence-corrected chi connectivity index (χ4v) is 2.64. The molecule has 134 valence electrons. The van der Waals surface area contributed by atoms with E-state index in [9.17, 15) is 9.59 Å². The number of carbonyl (C=O) groups is 2. The van der Waals surface area contributed by atoms with E-state index in [4.69, 9.17) is 0 Å². The van der Waals surface area contributed by atoms with Crippen molar-refractivity contribution in [2.24, 2.45) is 0 Å². The monoisotopic (exact) mass is 351 g/mol. The topological polar surface area (TPSA) is 88.9 Å². The van der Waals surface area contributed by atoms with E-state index in [1.54, 1.807) is 37.6 Å². The maximum atomic E-state index is 12.4. The van der Waals surface area contributed by atoms with Crippen molar-refractivity contribution in [3.8, 4) is 0 Å². The first-order valence-corrected chi connectivity index (χ1v) is 8.42. The van der Waals surface area contributed by atoms with Crippen LogP contribution in [-0.2, 0) is 6.54 Å². The van der Waals surface area contributed by atoms with Gasteiger partial charge >= 0.3 is 0 Å². The summed E-state index contributed by atoms with van der Waals surface area (Å²) in [5.74, 6) is -0.339. The van der Waals surface area contributed by atoms with Crippen molar-refractivity contribution >= 4 is 22.8 Å². The fourth-order valence-electron chi connectivity index (χ4n) is 2.64. The summed E-state index contributed by atoms with van der Waals surface area (Å²) < 4.78 is 1.82. The molecule has 26 heavy (non-hydrogen) atoms. The largest absolute Gasteiger partial charge is 0.355 e. The molecule has 2 N–H and O–H groups in total. The number of carbonyl (C=O) groups excluding carboxylic acids is 2. The van der Waals surface area contributed by atoms with Gasteiger partial charge in [-0.05, 0) is 37.6 Å². The van der Waals surface area contributed by atoms with Crippen LogP contribution in [0.2, 0.25) is 0 Å². The van der Waals surface area contributed by atoms with Crippen molar-refractivity contribution < 1.29 is 9.59 Å². The standard InChI is InChI=1S/C19H21N5O2/c1-12(2)24-17-15(11-23-24)8-16(10-21-17)19(26)22-9-13-4-6-14(7-5-13)18(25)20-3/h4-8,10-12H,9H2,1-3H3,(H,20,25)(H,22,26). The summed E-state index contributed by atoms with van der Waals surface area (Å²) >= 11 is 0. The molecule has 0 aliphatic carbocycles. The predicted molar refractivity (Wildman–Crippen MR) is 98.9 cm³/mol. The minimum absolute atomic E-state index is 0.137. The SMILES string of the molecule is CNC(=O)c1ccc(CNC(=O)c2cnc3c(cnn3C(C)C)c2)cc1. The number of fused-ring (bicyclic) bond motifs is 1. The molecule has 3 rings (SSSR count). The number of hydrogen-bond acceptors (Lipinski definition) is 4. The van der Waals surface area contributed by atoms with Crippen LogP contribution in [0.3, 0.4) is 0 Å². The van der Waals surface area contributed by atoms with Gasteiger partial charge in [0, 0.05) is 36.8 Å². The van der Waals surface area contributed by atoms with Crippen molar-refractivity contribution in [3.63, 3.8) is 0 Å². The second-order valence-corrected chi connectivity index (χ2v) is 6.28. The summed E-state index contributed by atoms with van der Waals surface area (Å²) in [6.07, 6.45) is 3.28. The lowest BCUT2D eigenvalue weighted by molar-refractivity contribution is 0.0946. The normalized spacial score (nSPS) is 10.9. The zero-order valence-electron chi connectivity index (χ0n) is 15.0.